The summed E-state index contributed by atoms with van der Waals surface area (Å²) in [5.41, 5.74) is 1.66. The standard InChI is InChI=1S/C19H16N4O5/c1-26-13-4-5-14-15(8-13)22-19(21-14)12(10-20)6-11-7-16(23(24)25)18(28-3)9-17(11)27-2/h4-9H,1-3H3,(H,21,22)/b12-6+. The predicted molar refractivity (Wildman–Crippen MR) is 102 cm³/mol. The molecule has 0 saturated heterocycles. The topological polar surface area (TPSA) is 123 Å². The molecule has 1 heterocycles. The van der Waals surface area contributed by atoms with E-state index >= 15 is 0 Å². The van der Waals surface area contributed by atoms with E-state index in [1.54, 1.807) is 25.3 Å². The van der Waals surface area contributed by atoms with Crippen LogP contribution in [-0.4, -0.2) is 36.2 Å². The smallest absolute Gasteiger partial charge is 0.311 e. The van der Waals surface area contributed by atoms with Gasteiger partial charge >= 0.3 is 5.69 Å². The van der Waals surface area contributed by atoms with Gasteiger partial charge in [0.05, 0.1) is 42.9 Å². The number of nitrogens with zero attached hydrogens (tertiary/aromatic N) is 3. The van der Waals surface area contributed by atoms with Gasteiger partial charge in [0.15, 0.2) is 0 Å². The Morgan fingerprint density at radius 3 is 2.54 bits per heavy atom. The highest BCUT2D eigenvalue weighted by atomic mass is 16.6. The molecule has 3 aromatic rings. The molecule has 0 spiro atoms. The quantitative estimate of drug-likeness (QED) is 0.394. The Bertz CT molecular complexity index is 1130. The molecule has 142 valence electrons. The van der Waals surface area contributed by atoms with Crippen molar-refractivity contribution in [3.63, 3.8) is 0 Å². The molecule has 3 rings (SSSR count). The Kier molecular flexibility index (Phi) is 5.13. The van der Waals surface area contributed by atoms with Crippen LogP contribution in [0.15, 0.2) is 30.3 Å². The summed E-state index contributed by atoms with van der Waals surface area (Å²) in [5.74, 6) is 1.37. The van der Waals surface area contributed by atoms with E-state index in [9.17, 15) is 15.4 Å². The summed E-state index contributed by atoms with van der Waals surface area (Å²) in [5, 5.41) is 20.9. The zero-order valence-corrected chi connectivity index (χ0v) is 15.3. The zero-order chi connectivity index (χ0) is 20.3. The van der Waals surface area contributed by atoms with Crippen LogP contribution in [0.4, 0.5) is 5.69 Å². The summed E-state index contributed by atoms with van der Waals surface area (Å²) in [4.78, 5) is 18.2. The number of benzene rings is 2. The van der Waals surface area contributed by atoms with Gasteiger partial charge in [-0.1, -0.05) is 0 Å². The molecule has 0 radical (unpaired) electrons. The average molecular weight is 380 g/mol. The lowest BCUT2D eigenvalue weighted by Crippen LogP contribution is -1.97. The van der Waals surface area contributed by atoms with Gasteiger partial charge in [0.2, 0.25) is 5.75 Å². The second-order valence-corrected chi connectivity index (χ2v) is 5.66. The van der Waals surface area contributed by atoms with E-state index in [0.717, 1.165) is 0 Å². The number of fused-ring (bicyclic) bond motifs is 1. The molecule has 0 bridgehead atoms. The number of allylic oxidation sites excluding steroid dienone is 1. The predicted octanol–water partition coefficient (Wildman–Crippen LogP) is 3.56. The summed E-state index contributed by atoms with van der Waals surface area (Å²) in [7, 11) is 4.32. The highest BCUT2D eigenvalue weighted by molar-refractivity contribution is 5.92. The zero-order valence-electron chi connectivity index (χ0n) is 15.3. The number of nitro benzene ring substituents is 1. The number of aromatic amines is 1. The maximum absolute atomic E-state index is 11.3. The summed E-state index contributed by atoms with van der Waals surface area (Å²) >= 11 is 0. The maximum atomic E-state index is 11.3. The lowest BCUT2D eigenvalue weighted by atomic mass is 10.1. The molecule has 0 unspecified atom stereocenters. The molecule has 1 N–H and O–H groups in total. The number of ether oxygens (including phenoxy) is 3. The third kappa shape index (κ3) is 3.43. The van der Waals surface area contributed by atoms with Crippen molar-refractivity contribution in [2.75, 3.05) is 21.3 Å². The highest BCUT2D eigenvalue weighted by Crippen LogP contribution is 2.36. The van der Waals surface area contributed by atoms with Gasteiger partial charge in [-0.3, -0.25) is 10.1 Å². The molecule has 28 heavy (non-hydrogen) atoms. The van der Waals surface area contributed by atoms with Gasteiger partial charge in [-0.05, 0) is 18.2 Å². The van der Waals surface area contributed by atoms with Crippen molar-refractivity contribution in [1.82, 2.24) is 9.97 Å². The first-order chi connectivity index (χ1) is 13.5. The van der Waals surface area contributed by atoms with Crippen LogP contribution in [0.5, 0.6) is 17.2 Å². The lowest BCUT2D eigenvalue weighted by molar-refractivity contribution is -0.385. The average Bonchev–Trinajstić information content (AvgIpc) is 3.14. The SMILES string of the molecule is COc1ccc2nc(/C(C#N)=C/c3cc([N+](=O)[O-])c(OC)cc3OC)[nH]c2c1. The molecule has 0 fully saturated rings. The number of hydrogen-bond acceptors (Lipinski definition) is 7. The number of aromatic nitrogens is 2. The molecule has 9 heteroatoms. The molecule has 1 aromatic heterocycles. The number of nitrogens with one attached hydrogen (secondary N) is 1. The Labute approximate surface area is 159 Å². The Balaban J connectivity index is 2.13. The molecule has 0 amide bonds. The van der Waals surface area contributed by atoms with E-state index in [1.165, 1.54) is 32.4 Å². The number of imidazole rings is 1. The molecule has 0 aliphatic rings. The van der Waals surface area contributed by atoms with E-state index in [1.807, 2.05) is 0 Å². The molecule has 0 saturated carbocycles. The van der Waals surface area contributed by atoms with Crippen LogP contribution < -0.4 is 14.2 Å². The third-order valence-corrected chi connectivity index (χ3v) is 4.09. The molecule has 2 aromatic carbocycles. The van der Waals surface area contributed by atoms with Gasteiger partial charge in [-0.15, -0.1) is 0 Å². The molecular formula is C19H16N4O5. The lowest BCUT2D eigenvalue weighted by Gasteiger charge is -2.08. The van der Waals surface area contributed by atoms with Crippen molar-refractivity contribution < 1.29 is 19.1 Å². The summed E-state index contributed by atoms with van der Waals surface area (Å²) in [6.45, 7) is 0. The number of H-pyrrole nitrogens is 1. The fraction of sp³-hybridized carbons (Fsp3) is 0.158. The minimum absolute atomic E-state index is 0.0633. The van der Waals surface area contributed by atoms with Gasteiger partial charge in [0.25, 0.3) is 0 Å². The van der Waals surface area contributed by atoms with Crippen molar-refractivity contribution in [2.45, 2.75) is 0 Å². The number of nitro groups is 1. The van der Waals surface area contributed by atoms with Crippen molar-refractivity contribution in [3.8, 4) is 23.3 Å². The molecule has 9 nitrogen and oxygen atoms in total. The van der Waals surface area contributed by atoms with Gasteiger partial charge in [-0.25, -0.2) is 4.98 Å². The van der Waals surface area contributed by atoms with E-state index in [2.05, 4.69) is 16.0 Å². The van der Waals surface area contributed by atoms with Crippen molar-refractivity contribution in [2.24, 2.45) is 0 Å². The first kappa shape index (κ1) is 18.7. The third-order valence-electron chi connectivity index (χ3n) is 4.09. The Morgan fingerprint density at radius 2 is 1.93 bits per heavy atom. The normalized spacial score (nSPS) is 11.1. The number of methoxy groups -OCH3 is 3. The first-order valence-electron chi connectivity index (χ1n) is 8.07. The van der Waals surface area contributed by atoms with Crippen LogP contribution in [0.2, 0.25) is 0 Å². The van der Waals surface area contributed by atoms with Crippen molar-refractivity contribution in [1.29, 1.82) is 5.26 Å². The van der Waals surface area contributed by atoms with Crippen molar-refractivity contribution >= 4 is 28.4 Å². The Hall–Kier alpha value is -4.06. The fourth-order valence-corrected chi connectivity index (χ4v) is 2.71. The first-order valence-corrected chi connectivity index (χ1v) is 8.07. The highest BCUT2D eigenvalue weighted by Gasteiger charge is 2.20. The van der Waals surface area contributed by atoms with Gasteiger partial charge in [0.1, 0.15) is 23.4 Å². The fourth-order valence-electron chi connectivity index (χ4n) is 2.71. The number of hydrogen-bond donors (Lipinski definition) is 1. The summed E-state index contributed by atoms with van der Waals surface area (Å²) in [6, 6.07) is 10.1. The maximum Gasteiger partial charge on any atom is 0.311 e. The van der Waals surface area contributed by atoms with Crippen LogP contribution >= 0.6 is 0 Å². The van der Waals surface area contributed by atoms with Gasteiger partial charge in [-0.2, -0.15) is 5.26 Å². The largest absolute Gasteiger partial charge is 0.497 e. The second-order valence-electron chi connectivity index (χ2n) is 5.66. The monoisotopic (exact) mass is 380 g/mol. The molecule has 0 aliphatic heterocycles. The van der Waals surface area contributed by atoms with E-state index in [4.69, 9.17) is 14.2 Å². The van der Waals surface area contributed by atoms with E-state index in [-0.39, 0.29) is 17.0 Å². The molecule has 0 aliphatic carbocycles. The van der Waals surface area contributed by atoms with Gasteiger partial charge < -0.3 is 19.2 Å². The Morgan fingerprint density at radius 1 is 1.18 bits per heavy atom. The molecule has 0 atom stereocenters. The van der Waals surface area contributed by atoms with Crippen LogP contribution in [0.3, 0.4) is 0 Å². The van der Waals surface area contributed by atoms with Crippen molar-refractivity contribution in [3.05, 3.63) is 51.8 Å². The number of nitriles is 1. The van der Waals surface area contributed by atoms with Crippen LogP contribution in [0, 0.1) is 21.4 Å². The van der Waals surface area contributed by atoms with E-state index < -0.39 is 4.92 Å². The second kappa shape index (κ2) is 7.67. The number of rotatable bonds is 6. The summed E-state index contributed by atoms with van der Waals surface area (Å²) < 4.78 is 15.5. The van der Waals surface area contributed by atoms with E-state index in [0.29, 0.717) is 33.9 Å². The molecular weight excluding hydrogens is 364 g/mol. The summed E-state index contributed by atoms with van der Waals surface area (Å²) in [6.07, 6.45) is 1.47. The van der Waals surface area contributed by atoms with Gasteiger partial charge in [0, 0.05) is 23.8 Å². The van der Waals surface area contributed by atoms with Crippen LogP contribution in [0.25, 0.3) is 22.7 Å². The van der Waals surface area contributed by atoms with Crippen LogP contribution in [0.1, 0.15) is 11.4 Å². The minimum Gasteiger partial charge on any atom is -0.497 e. The minimum atomic E-state index is -0.560. The van der Waals surface area contributed by atoms with Crippen LogP contribution in [-0.2, 0) is 0 Å².